The Labute approximate surface area is 123 Å². The van der Waals surface area contributed by atoms with Crippen LogP contribution in [0.25, 0.3) is 0 Å². The maximum atomic E-state index is 12.2. The fourth-order valence-electron chi connectivity index (χ4n) is 1.65. The summed E-state index contributed by atoms with van der Waals surface area (Å²) >= 11 is 0. The average molecular weight is 314 g/mol. The number of likely N-dealkylation sites (N-methyl/N-ethyl adjacent to an activating group) is 1. The van der Waals surface area contributed by atoms with Gasteiger partial charge in [0, 0.05) is 24.6 Å². The van der Waals surface area contributed by atoms with Gasteiger partial charge in [-0.1, -0.05) is 0 Å². The van der Waals surface area contributed by atoms with Crippen molar-refractivity contribution in [1.29, 1.82) is 0 Å². The molecule has 116 valence electrons. The first-order valence-corrected chi connectivity index (χ1v) is 8.06. The number of nitrogens with zero attached hydrogens (tertiary/aromatic N) is 1. The molecule has 0 aromatic heterocycles. The summed E-state index contributed by atoms with van der Waals surface area (Å²) < 4.78 is 27.8. The number of benzene rings is 1. The van der Waals surface area contributed by atoms with E-state index in [1.54, 1.807) is 6.92 Å². The normalized spacial score (nSPS) is 11.0. The Hall–Kier alpha value is -2.09. The van der Waals surface area contributed by atoms with Crippen LogP contribution in [-0.2, 0) is 19.4 Å². The molecule has 8 heteroatoms. The predicted octanol–water partition coefficient (Wildman–Crippen LogP) is 0.307. The molecule has 0 unspecified atom stereocenters. The fraction of sp³-hybridized carbons (Fsp3) is 0.385. The molecule has 2 N–H and O–H groups in total. The maximum absolute atomic E-state index is 12.2. The molecule has 0 aliphatic carbocycles. The van der Waals surface area contributed by atoms with E-state index in [-0.39, 0.29) is 29.3 Å². The minimum absolute atomic E-state index is 0.0459. The first-order valence-electron chi connectivity index (χ1n) is 6.17. The van der Waals surface area contributed by atoms with Crippen molar-refractivity contribution >= 4 is 27.4 Å². The summed E-state index contributed by atoms with van der Waals surface area (Å²) in [4.78, 5) is 24.6. The second kappa shape index (κ2) is 6.57. The van der Waals surface area contributed by atoms with Crippen LogP contribution in [0.4, 0.5) is 5.69 Å². The number of anilines is 1. The molecule has 0 aliphatic rings. The highest BCUT2D eigenvalue weighted by molar-refractivity contribution is 7.90. The highest BCUT2D eigenvalue weighted by Crippen LogP contribution is 2.18. The zero-order valence-corrected chi connectivity index (χ0v) is 12.9. The number of carbonyl (C=O) groups excluding carboxylic acids is 2. The van der Waals surface area contributed by atoms with E-state index < -0.39 is 21.7 Å². The summed E-state index contributed by atoms with van der Waals surface area (Å²) in [5.41, 5.74) is 5.87. The molecule has 0 saturated carbocycles. The van der Waals surface area contributed by atoms with E-state index in [0.29, 0.717) is 0 Å². The SMILES string of the molecule is CCOC(=O)CN(C)C(=O)c1cc(N)cc(S(C)(=O)=O)c1. The largest absolute Gasteiger partial charge is 0.465 e. The Morgan fingerprint density at radius 1 is 1.29 bits per heavy atom. The lowest BCUT2D eigenvalue weighted by molar-refractivity contribution is -0.143. The number of nitrogens with two attached hydrogens (primary N) is 1. The Kier molecular flexibility index (Phi) is 5.31. The third-order valence-electron chi connectivity index (χ3n) is 2.62. The van der Waals surface area contributed by atoms with Gasteiger partial charge in [0.2, 0.25) is 0 Å². The van der Waals surface area contributed by atoms with Gasteiger partial charge in [-0.05, 0) is 25.1 Å². The van der Waals surface area contributed by atoms with Crippen LogP contribution in [0.2, 0.25) is 0 Å². The Balaban J connectivity index is 3.02. The van der Waals surface area contributed by atoms with Crippen LogP contribution in [-0.4, -0.2) is 51.6 Å². The third-order valence-corrected chi connectivity index (χ3v) is 3.71. The van der Waals surface area contributed by atoms with Gasteiger partial charge in [-0.25, -0.2) is 8.42 Å². The van der Waals surface area contributed by atoms with E-state index in [0.717, 1.165) is 11.2 Å². The van der Waals surface area contributed by atoms with E-state index >= 15 is 0 Å². The van der Waals surface area contributed by atoms with Crippen molar-refractivity contribution in [3.63, 3.8) is 0 Å². The van der Waals surface area contributed by atoms with Gasteiger partial charge in [0.25, 0.3) is 5.91 Å². The molecule has 0 heterocycles. The zero-order chi connectivity index (χ0) is 16.2. The number of esters is 1. The lowest BCUT2D eigenvalue weighted by Gasteiger charge is -2.16. The van der Waals surface area contributed by atoms with E-state index in [1.165, 1.54) is 25.2 Å². The average Bonchev–Trinajstić information content (AvgIpc) is 2.36. The lowest BCUT2D eigenvalue weighted by atomic mass is 10.2. The number of amides is 1. The highest BCUT2D eigenvalue weighted by atomic mass is 32.2. The fourth-order valence-corrected chi connectivity index (χ4v) is 2.34. The second-order valence-electron chi connectivity index (χ2n) is 4.53. The topological polar surface area (TPSA) is 107 Å². The molecule has 0 atom stereocenters. The summed E-state index contributed by atoms with van der Waals surface area (Å²) in [6.45, 7) is 1.66. The van der Waals surface area contributed by atoms with Crippen LogP contribution < -0.4 is 5.73 Å². The van der Waals surface area contributed by atoms with Gasteiger partial charge in [-0.2, -0.15) is 0 Å². The van der Waals surface area contributed by atoms with Gasteiger partial charge in [-0.15, -0.1) is 0 Å². The van der Waals surface area contributed by atoms with Crippen molar-refractivity contribution in [3.05, 3.63) is 23.8 Å². The van der Waals surface area contributed by atoms with Gasteiger partial charge in [-0.3, -0.25) is 9.59 Å². The molecule has 21 heavy (non-hydrogen) atoms. The van der Waals surface area contributed by atoms with Gasteiger partial charge in [0.05, 0.1) is 11.5 Å². The molecular weight excluding hydrogens is 296 g/mol. The van der Waals surface area contributed by atoms with Crippen LogP contribution in [0.15, 0.2) is 23.1 Å². The molecule has 0 bridgehead atoms. The highest BCUT2D eigenvalue weighted by Gasteiger charge is 2.18. The maximum Gasteiger partial charge on any atom is 0.325 e. The van der Waals surface area contributed by atoms with E-state index in [9.17, 15) is 18.0 Å². The Morgan fingerprint density at radius 2 is 1.90 bits per heavy atom. The van der Waals surface area contributed by atoms with Crippen LogP contribution in [0.1, 0.15) is 17.3 Å². The molecule has 0 saturated heterocycles. The van der Waals surface area contributed by atoms with Gasteiger partial charge in [0.1, 0.15) is 6.54 Å². The van der Waals surface area contributed by atoms with E-state index in [4.69, 9.17) is 10.5 Å². The summed E-state index contributed by atoms with van der Waals surface area (Å²) in [7, 11) is -2.06. The molecule has 1 amide bonds. The summed E-state index contributed by atoms with van der Waals surface area (Å²) in [5.74, 6) is -1.05. The number of sulfone groups is 1. The van der Waals surface area contributed by atoms with Crippen molar-refractivity contribution in [1.82, 2.24) is 4.90 Å². The van der Waals surface area contributed by atoms with Gasteiger partial charge >= 0.3 is 5.97 Å². The number of hydrogen-bond acceptors (Lipinski definition) is 6. The standard InChI is InChI=1S/C13H18N2O5S/c1-4-20-12(16)8-15(2)13(17)9-5-10(14)7-11(6-9)21(3,18)19/h5-7H,4,8,14H2,1-3H3. The Bertz CT molecular complexity index is 655. The molecule has 0 radical (unpaired) electrons. The third kappa shape index (κ3) is 4.75. The monoisotopic (exact) mass is 314 g/mol. The van der Waals surface area contributed by atoms with E-state index in [1.807, 2.05) is 0 Å². The van der Waals surface area contributed by atoms with Crippen molar-refractivity contribution in [3.8, 4) is 0 Å². The number of nitrogen functional groups attached to an aromatic ring is 1. The number of ether oxygens (including phenoxy) is 1. The van der Waals surface area contributed by atoms with Crippen LogP contribution >= 0.6 is 0 Å². The van der Waals surface area contributed by atoms with Crippen molar-refractivity contribution in [2.45, 2.75) is 11.8 Å². The molecule has 1 aromatic rings. The summed E-state index contributed by atoms with van der Waals surface area (Å²) in [6.07, 6.45) is 1.03. The van der Waals surface area contributed by atoms with Crippen LogP contribution in [0, 0.1) is 0 Å². The zero-order valence-electron chi connectivity index (χ0n) is 12.1. The summed E-state index contributed by atoms with van der Waals surface area (Å²) in [6, 6.07) is 3.87. The smallest absolute Gasteiger partial charge is 0.325 e. The van der Waals surface area contributed by atoms with Crippen molar-refractivity contribution in [2.24, 2.45) is 0 Å². The predicted molar refractivity (Wildman–Crippen MR) is 77.6 cm³/mol. The van der Waals surface area contributed by atoms with Crippen molar-refractivity contribution < 1.29 is 22.7 Å². The first kappa shape index (κ1) is 17.0. The molecule has 0 spiro atoms. The molecule has 0 aliphatic heterocycles. The van der Waals surface area contributed by atoms with Gasteiger partial charge in [0.15, 0.2) is 9.84 Å². The quantitative estimate of drug-likeness (QED) is 0.619. The van der Waals surface area contributed by atoms with Crippen LogP contribution in [0.3, 0.4) is 0 Å². The molecule has 0 fully saturated rings. The number of carbonyl (C=O) groups is 2. The molecule has 1 rings (SSSR count). The lowest BCUT2D eigenvalue weighted by Crippen LogP contribution is -2.33. The van der Waals surface area contributed by atoms with Crippen molar-refractivity contribution in [2.75, 3.05) is 32.2 Å². The first-order chi connectivity index (χ1) is 9.65. The summed E-state index contributed by atoms with van der Waals surface area (Å²) in [5, 5.41) is 0. The number of hydrogen-bond donors (Lipinski definition) is 1. The molecular formula is C13H18N2O5S. The minimum atomic E-state index is -3.48. The Morgan fingerprint density at radius 3 is 2.43 bits per heavy atom. The van der Waals surface area contributed by atoms with Gasteiger partial charge < -0.3 is 15.4 Å². The van der Waals surface area contributed by atoms with Crippen LogP contribution in [0.5, 0.6) is 0 Å². The second-order valence-corrected chi connectivity index (χ2v) is 6.54. The van der Waals surface area contributed by atoms with E-state index in [2.05, 4.69) is 0 Å². The molecule has 1 aromatic carbocycles. The minimum Gasteiger partial charge on any atom is -0.465 e. The number of rotatable bonds is 5. The molecule has 7 nitrogen and oxygen atoms in total.